The Kier molecular flexibility index (Phi) is 5.03. The molecule has 1 fully saturated rings. The van der Waals surface area contributed by atoms with Crippen molar-refractivity contribution >= 4 is 0 Å². The van der Waals surface area contributed by atoms with Crippen molar-refractivity contribution in [2.45, 2.75) is 51.2 Å². The summed E-state index contributed by atoms with van der Waals surface area (Å²) in [7, 11) is 1.81. The zero-order chi connectivity index (χ0) is 11.3. The van der Waals surface area contributed by atoms with E-state index >= 15 is 0 Å². The van der Waals surface area contributed by atoms with E-state index in [0.29, 0.717) is 12.0 Å². The number of hydrogen-bond acceptors (Lipinski definition) is 3. The van der Waals surface area contributed by atoms with Crippen molar-refractivity contribution in [3.63, 3.8) is 0 Å². The highest BCUT2D eigenvalue weighted by Crippen LogP contribution is 2.29. The molecule has 0 saturated heterocycles. The van der Waals surface area contributed by atoms with Gasteiger partial charge in [-0.05, 0) is 38.1 Å². The monoisotopic (exact) mass is 214 g/mol. The molecule has 0 bridgehead atoms. The van der Waals surface area contributed by atoms with E-state index in [1.54, 1.807) is 7.11 Å². The molecule has 0 aromatic rings. The van der Waals surface area contributed by atoms with Crippen molar-refractivity contribution in [3.8, 4) is 0 Å². The summed E-state index contributed by atoms with van der Waals surface area (Å²) in [5, 5.41) is 3.64. The normalized spacial score (nSPS) is 32.2. The van der Waals surface area contributed by atoms with E-state index in [1.165, 1.54) is 19.3 Å². The molecule has 3 nitrogen and oxygen atoms in total. The van der Waals surface area contributed by atoms with Gasteiger partial charge in [0.1, 0.15) is 0 Å². The lowest BCUT2D eigenvalue weighted by Crippen LogP contribution is -2.56. The molecule has 0 spiro atoms. The lowest BCUT2D eigenvalue weighted by Gasteiger charge is -2.41. The lowest BCUT2D eigenvalue weighted by molar-refractivity contribution is 0.0321. The summed E-state index contributed by atoms with van der Waals surface area (Å²) in [4.78, 5) is 0. The molecule has 2 atom stereocenters. The first-order valence-corrected chi connectivity index (χ1v) is 6.10. The number of hydrogen-bond donors (Lipinski definition) is 2. The molecular weight excluding hydrogens is 188 g/mol. The molecule has 2 unspecified atom stereocenters. The maximum absolute atomic E-state index is 5.92. The maximum Gasteiger partial charge on any atom is 0.0589 e. The molecule has 0 radical (unpaired) electrons. The lowest BCUT2D eigenvalue weighted by atomic mass is 9.80. The number of nitrogens with one attached hydrogen (secondary N) is 1. The summed E-state index contributed by atoms with van der Waals surface area (Å²) >= 11 is 0. The topological polar surface area (TPSA) is 47.3 Å². The molecule has 1 aliphatic rings. The SMILES string of the molecule is COC1CCCC(CN)(NCC(C)C)C1. The second-order valence-electron chi connectivity index (χ2n) is 5.21. The molecule has 3 heteroatoms. The van der Waals surface area contributed by atoms with E-state index in [2.05, 4.69) is 19.2 Å². The van der Waals surface area contributed by atoms with E-state index in [0.717, 1.165) is 19.5 Å². The summed E-state index contributed by atoms with van der Waals surface area (Å²) in [6, 6.07) is 0. The third-order valence-corrected chi connectivity index (χ3v) is 3.41. The van der Waals surface area contributed by atoms with Crippen LogP contribution < -0.4 is 11.1 Å². The molecule has 0 heterocycles. The van der Waals surface area contributed by atoms with Gasteiger partial charge in [-0.1, -0.05) is 13.8 Å². The molecule has 0 aromatic carbocycles. The quantitative estimate of drug-likeness (QED) is 0.729. The molecule has 3 N–H and O–H groups in total. The van der Waals surface area contributed by atoms with Gasteiger partial charge in [-0.2, -0.15) is 0 Å². The van der Waals surface area contributed by atoms with Gasteiger partial charge in [0.05, 0.1) is 6.10 Å². The van der Waals surface area contributed by atoms with Gasteiger partial charge >= 0.3 is 0 Å². The van der Waals surface area contributed by atoms with Gasteiger partial charge < -0.3 is 15.8 Å². The van der Waals surface area contributed by atoms with Crippen LogP contribution in [0.1, 0.15) is 39.5 Å². The van der Waals surface area contributed by atoms with Gasteiger partial charge in [-0.15, -0.1) is 0 Å². The second-order valence-corrected chi connectivity index (χ2v) is 5.21. The van der Waals surface area contributed by atoms with Crippen LogP contribution in [0.2, 0.25) is 0 Å². The molecule has 15 heavy (non-hydrogen) atoms. The summed E-state index contributed by atoms with van der Waals surface area (Å²) in [6.07, 6.45) is 5.05. The van der Waals surface area contributed by atoms with E-state index < -0.39 is 0 Å². The van der Waals surface area contributed by atoms with Crippen LogP contribution in [0.4, 0.5) is 0 Å². The largest absolute Gasteiger partial charge is 0.381 e. The highest BCUT2D eigenvalue weighted by molar-refractivity contribution is 4.95. The molecule has 1 saturated carbocycles. The van der Waals surface area contributed by atoms with Gasteiger partial charge in [0.2, 0.25) is 0 Å². The van der Waals surface area contributed by atoms with Crippen LogP contribution in [-0.4, -0.2) is 31.8 Å². The van der Waals surface area contributed by atoms with Crippen molar-refractivity contribution in [2.75, 3.05) is 20.2 Å². The maximum atomic E-state index is 5.92. The number of methoxy groups -OCH3 is 1. The Morgan fingerprint density at radius 3 is 2.80 bits per heavy atom. The minimum absolute atomic E-state index is 0.128. The van der Waals surface area contributed by atoms with Gasteiger partial charge in [-0.3, -0.25) is 0 Å². The predicted molar refractivity (Wildman–Crippen MR) is 63.9 cm³/mol. The Morgan fingerprint density at radius 1 is 1.53 bits per heavy atom. The predicted octanol–water partition coefficient (Wildman–Crippen LogP) is 1.52. The fourth-order valence-corrected chi connectivity index (χ4v) is 2.35. The average molecular weight is 214 g/mol. The molecule has 0 amide bonds. The van der Waals surface area contributed by atoms with Gasteiger partial charge in [0.25, 0.3) is 0 Å². The zero-order valence-electron chi connectivity index (χ0n) is 10.4. The van der Waals surface area contributed by atoms with Gasteiger partial charge in [0.15, 0.2) is 0 Å². The minimum atomic E-state index is 0.128. The van der Waals surface area contributed by atoms with E-state index in [1.807, 2.05) is 0 Å². The van der Waals surface area contributed by atoms with Crippen LogP contribution >= 0.6 is 0 Å². The van der Waals surface area contributed by atoms with Crippen LogP contribution in [0.25, 0.3) is 0 Å². The first-order chi connectivity index (χ1) is 7.12. The van der Waals surface area contributed by atoms with Crippen LogP contribution in [0.3, 0.4) is 0 Å². The molecule has 90 valence electrons. The highest BCUT2D eigenvalue weighted by Gasteiger charge is 2.34. The first kappa shape index (κ1) is 12.9. The smallest absolute Gasteiger partial charge is 0.0589 e. The van der Waals surface area contributed by atoms with Crippen molar-refractivity contribution in [1.82, 2.24) is 5.32 Å². The van der Waals surface area contributed by atoms with E-state index in [9.17, 15) is 0 Å². The van der Waals surface area contributed by atoms with Crippen molar-refractivity contribution in [2.24, 2.45) is 11.7 Å². The molecule has 1 rings (SSSR count). The van der Waals surface area contributed by atoms with E-state index in [-0.39, 0.29) is 5.54 Å². The molecular formula is C12H26N2O. The summed E-state index contributed by atoms with van der Waals surface area (Å²) in [5.41, 5.74) is 6.05. The summed E-state index contributed by atoms with van der Waals surface area (Å²) in [6.45, 7) is 6.23. The average Bonchev–Trinajstić information content (AvgIpc) is 2.26. The standard InChI is InChI=1S/C12H26N2O/c1-10(2)8-14-12(9-13)6-4-5-11(7-12)15-3/h10-11,14H,4-9,13H2,1-3H3. The molecule has 0 aromatic heterocycles. The number of ether oxygens (including phenoxy) is 1. The second kappa shape index (κ2) is 5.83. The fourth-order valence-electron chi connectivity index (χ4n) is 2.35. The van der Waals surface area contributed by atoms with Crippen molar-refractivity contribution in [3.05, 3.63) is 0 Å². The zero-order valence-corrected chi connectivity index (χ0v) is 10.4. The van der Waals surface area contributed by atoms with Crippen molar-refractivity contribution in [1.29, 1.82) is 0 Å². The third-order valence-electron chi connectivity index (χ3n) is 3.41. The van der Waals surface area contributed by atoms with Crippen LogP contribution in [0, 0.1) is 5.92 Å². The summed E-state index contributed by atoms with van der Waals surface area (Å²) < 4.78 is 5.46. The summed E-state index contributed by atoms with van der Waals surface area (Å²) in [5.74, 6) is 0.677. The Hall–Kier alpha value is -0.120. The van der Waals surface area contributed by atoms with Crippen LogP contribution in [0.5, 0.6) is 0 Å². The Labute approximate surface area is 93.8 Å². The van der Waals surface area contributed by atoms with Gasteiger partial charge in [-0.25, -0.2) is 0 Å². The van der Waals surface area contributed by atoms with E-state index in [4.69, 9.17) is 10.5 Å². The Morgan fingerprint density at radius 2 is 2.27 bits per heavy atom. The molecule has 1 aliphatic carbocycles. The molecule has 0 aliphatic heterocycles. The van der Waals surface area contributed by atoms with Crippen molar-refractivity contribution < 1.29 is 4.74 Å². The highest BCUT2D eigenvalue weighted by atomic mass is 16.5. The minimum Gasteiger partial charge on any atom is -0.381 e. The number of nitrogens with two attached hydrogens (primary N) is 1. The van der Waals surface area contributed by atoms with Gasteiger partial charge in [0, 0.05) is 19.2 Å². The van der Waals surface area contributed by atoms with Crippen LogP contribution in [-0.2, 0) is 4.74 Å². The Bertz CT molecular complexity index is 184. The Balaban J connectivity index is 2.50. The third kappa shape index (κ3) is 3.74. The van der Waals surface area contributed by atoms with Crippen LogP contribution in [0.15, 0.2) is 0 Å². The number of rotatable bonds is 5. The fraction of sp³-hybridized carbons (Fsp3) is 1.00. The first-order valence-electron chi connectivity index (χ1n) is 6.10.